The number of likely N-dealkylation sites (tertiary alicyclic amines) is 1. The number of rotatable bonds is 4. The van der Waals surface area contributed by atoms with Crippen LogP contribution in [0.4, 0.5) is 18.9 Å². The molecule has 0 aliphatic carbocycles. The van der Waals surface area contributed by atoms with Crippen molar-refractivity contribution in [2.45, 2.75) is 31.7 Å². The standard InChI is InChI=1S/C17H19F3N2O4.ClH/c18-17(19,20)26-13-3-1-2-12(10-13)22-9-6-14(15(22)23)21-7-4-11(5-8-21)16(24)25;/h1-3,10-11,14H,4-9H2,(H,24,25);1H. The van der Waals surface area contributed by atoms with Gasteiger partial charge in [-0.15, -0.1) is 25.6 Å². The molecule has 1 amide bonds. The van der Waals surface area contributed by atoms with E-state index < -0.39 is 12.3 Å². The Morgan fingerprint density at radius 1 is 1.15 bits per heavy atom. The van der Waals surface area contributed by atoms with E-state index >= 15 is 0 Å². The van der Waals surface area contributed by atoms with E-state index in [1.807, 2.05) is 4.90 Å². The lowest BCUT2D eigenvalue weighted by atomic mass is 9.96. The minimum Gasteiger partial charge on any atom is -0.481 e. The number of benzene rings is 1. The van der Waals surface area contributed by atoms with E-state index in [1.54, 1.807) is 6.07 Å². The zero-order valence-corrected chi connectivity index (χ0v) is 15.1. The minimum absolute atomic E-state index is 0. The second-order valence-electron chi connectivity index (χ2n) is 6.49. The van der Waals surface area contributed by atoms with Gasteiger partial charge >= 0.3 is 12.3 Å². The molecule has 10 heteroatoms. The SMILES string of the molecule is Cl.O=C(O)C1CCN(C2CCN(c3cccc(OC(F)(F)F)c3)C2=O)CC1. The van der Waals surface area contributed by atoms with E-state index in [1.165, 1.54) is 23.1 Å². The molecule has 2 aliphatic rings. The van der Waals surface area contributed by atoms with Crippen molar-refractivity contribution >= 4 is 30.0 Å². The second kappa shape index (κ2) is 8.35. The number of anilines is 1. The highest BCUT2D eigenvalue weighted by molar-refractivity contribution is 5.99. The van der Waals surface area contributed by atoms with Crippen LogP contribution in [-0.4, -0.2) is 53.9 Å². The van der Waals surface area contributed by atoms with Crippen LogP contribution >= 0.6 is 12.4 Å². The second-order valence-corrected chi connectivity index (χ2v) is 6.49. The highest BCUT2D eigenvalue weighted by Gasteiger charge is 2.39. The molecule has 1 aromatic rings. The van der Waals surface area contributed by atoms with Crippen molar-refractivity contribution in [1.29, 1.82) is 0 Å². The molecule has 3 rings (SSSR count). The lowest BCUT2D eigenvalue weighted by molar-refractivity contribution is -0.274. The fraction of sp³-hybridized carbons (Fsp3) is 0.529. The van der Waals surface area contributed by atoms with Crippen LogP contribution in [0, 0.1) is 5.92 Å². The molecule has 1 aromatic carbocycles. The molecule has 1 N–H and O–H groups in total. The molecule has 2 fully saturated rings. The summed E-state index contributed by atoms with van der Waals surface area (Å²) in [4.78, 5) is 27.2. The average molecular weight is 409 g/mol. The molecule has 0 spiro atoms. The Hall–Kier alpha value is -2.00. The Kier molecular flexibility index (Phi) is 6.59. The first kappa shape index (κ1) is 21.3. The molecule has 2 heterocycles. The lowest BCUT2D eigenvalue weighted by Gasteiger charge is -2.33. The van der Waals surface area contributed by atoms with Gasteiger partial charge in [-0.05, 0) is 44.5 Å². The Morgan fingerprint density at radius 2 is 1.81 bits per heavy atom. The number of nitrogens with zero attached hydrogens (tertiary/aromatic N) is 2. The van der Waals surface area contributed by atoms with E-state index in [0.717, 1.165) is 0 Å². The van der Waals surface area contributed by atoms with Crippen molar-refractivity contribution in [2.24, 2.45) is 5.92 Å². The van der Waals surface area contributed by atoms with Crippen LogP contribution in [0.15, 0.2) is 24.3 Å². The summed E-state index contributed by atoms with van der Waals surface area (Å²) in [5, 5.41) is 9.05. The molecule has 150 valence electrons. The van der Waals surface area contributed by atoms with Crippen molar-refractivity contribution in [3.63, 3.8) is 0 Å². The smallest absolute Gasteiger partial charge is 0.481 e. The lowest BCUT2D eigenvalue weighted by Crippen LogP contribution is -2.46. The summed E-state index contributed by atoms with van der Waals surface area (Å²) in [7, 11) is 0. The van der Waals surface area contributed by atoms with Crippen LogP contribution in [0.2, 0.25) is 0 Å². The Bertz CT molecular complexity index is 693. The molecule has 27 heavy (non-hydrogen) atoms. The molecular formula is C17H20ClF3N2O4. The summed E-state index contributed by atoms with van der Waals surface area (Å²) >= 11 is 0. The minimum atomic E-state index is -4.79. The normalized spacial score (nSPS) is 21.8. The highest BCUT2D eigenvalue weighted by atomic mass is 35.5. The Labute approximate surface area is 160 Å². The summed E-state index contributed by atoms with van der Waals surface area (Å²) in [6, 6.07) is 5.00. The number of ether oxygens (including phenoxy) is 1. The number of alkyl halides is 3. The van der Waals surface area contributed by atoms with Gasteiger partial charge in [-0.25, -0.2) is 0 Å². The summed E-state index contributed by atoms with van der Waals surface area (Å²) in [5.41, 5.74) is 0.361. The molecule has 1 unspecified atom stereocenters. The number of halogens is 4. The van der Waals surface area contributed by atoms with Crippen LogP contribution < -0.4 is 9.64 Å². The maximum absolute atomic E-state index is 12.7. The first-order valence-electron chi connectivity index (χ1n) is 8.38. The molecular weight excluding hydrogens is 389 g/mol. The maximum Gasteiger partial charge on any atom is 0.573 e. The molecule has 0 saturated carbocycles. The molecule has 0 bridgehead atoms. The summed E-state index contributed by atoms with van der Waals surface area (Å²) in [5.74, 6) is -1.74. The Morgan fingerprint density at radius 3 is 2.41 bits per heavy atom. The van der Waals surface area contributed by atoms with Crippen LogP contribution in [0.1, 0.15) is 19.3 Å². The van der Waals surface area contributed by atoms with Gasteiger partial charge in [0.25, 0.3) is 0 Å². The van der Waals surface area contributed by atoms with Gasteiger partial charge < -0.3 is 14.7 Å². The molecule has 6 nitrogen and oxygen atoms in total. The first-order valence-corrected chi connectivity index (χ1v) is 8.38. The zero-order valence-electron chi connectivity index (χ0n) is 14.3. The molecule has 0 aromatic heterocycles. The molecule has 2 aliphatic heterocycles. The van der Waals surface area contributed by atoms with Gasteiger partial charge in [0.15, 0.2) is 0 Å². The average Bonchev–Trinajstić information content (AvgIpc) is 2.95. The third-order valence-electron chi connectivity index (χ3n) is 4.86. The fourth-order valence-electron chi connectivity index (χ4n) is 3.57. The van der Waals surface area contributed by atoms with Gasteiger partial charge in [-0.1, -0.05) is 6.07 Å². The van der Waals surface area contributed by atoms with Gasteiger partial charge in [-0.2, -0.15) is 0 Å². The van der Waals surface area contributed by atoms with Gasteiger partial charge in [0, 0.05) is 18.3 Å². The number of carbonyl (C=O) groups excluding carboxylic acids is 1. The molecule has 0 radical (unpaired) electrons. The van der Waals surface area contributed by atoms with Gasteiger partial charge in [-0.3, -0.25) is 14.5 Å². The summed E-state index contributed by atoms with van der Waals surface area (Å²) in [6.07, 6.45) is -3.24. The first-order chi connectivity index (χ1) is 12.2. The van der Waals surface area contributed by atoms with Crippen LogP contribution in [0.3, 0.4) is 0 Å². The molecule has 1 atom stereocenters. The topological polar surface area (TPSA) is 70.1 Å². The van der Waals surface area contributed by atoms with E-state index in [2.05, 4.69) is 4.74 Å². The summed E-state index contributed by atoms with van der Waals surface area (Å²) in [6.45, 7) is 1.45. The number of carboxylic acid groups (broad SMARTS) is 1. The van der Waals surface area contributed by atoms with E-state index in [4.69, 9.17) is 5.11 Å². The number of hydrogen-bond donors (Lipinski definition) is 1. The van der Waals surface area contributed by atoms with Gasteiger partial charge in [0.1, 0.15) is 5.75 Å². The number of carbonyl (C=O) groups is 2. The third kappa shape index (κ3) is 5.04. The fourth-order valence-corrected chi connectivity index (χ4v) is 3.57. The zero-order chi connectivity index (χ0) is 18.9. The number of piperidine rings is 1. The van der Waals surface area contributed by atoms with Crippen molar-refractivity contribution in [2.75, 3.05) is 24.5 Å². The number of carboxylic acids is 1. The van der Waals surface area contributed by atoms with Crippen molar-refractivity contribution in [3.05, 3.63) is 24.3 Å². The largest absolute Gasteiger partial charge is 0.573 e. The number of amides is 1. The third-order valence-corrected chi connectivity index (χ3v) is 4.86. The number of aliphatic carboxylic acids is 1. The monoisotopic (exact) mass is 408 g/mol. The molecule has 2 saturated heterocycles. The van der Waals surface area contributed by atoms with E-state index in [0.29, 0.717) is 44.6 Å². The quantitative estimate of drug-likeness (QED) is 0.829. The van der Waals surface area contributed by atoms with Crippen molar-refractivity contribution < 1.29 is 32.6 Å². The van der Waals surface area contributed by atoms with Crippen molar-refractivity contribution in [1.82, 2.24) is 4.90 Å². The number of hydrogen-bond acceptors (Lipinski definition) is 4. The Balaban J connectivity index is 0.00000261. The maximum atomic E-state index is 12.7. The van der Waals surface area contributed by atoms with E-state index in [9.17, 15) is 22.8 Å². The van der Waals surface area contributed by atoms with Crippen LogP contribution in [0.5, 0.6) is 5.75 Å². The predicted molar refractivity (Wildman–Crippen MR) is 93.1 cm³/mol. The predicted octanol–water partition coefficient (Wildman–Crippen LogP) is 2.91. The van der Waals surface area contributed by atoms with Gasteiger partial charge in [0.05, 0.1) is 12.0 Å². The van der Waals surface area contributed by atoms with E-state index in [-0.39, 0.29) is 36.0 Å². The van der Waals surface area contributed by atoms with Crippen LogP contribution in [-0.2, 0) is 9.59 Å². The van der Waals surface area contributed by atoms with Crippen molar-refractivity contribution in [3.8, 4) is 5.75 Å². The van der Waals surface area contributed by atoms with Gasteiger partial charge in [0.2, 0.25) is 5.91 Å². The highest BCUT2D eigenvalue weighted by Crippen LogP contribution is 2.31. The summed E-state index contributed by atoms with van der Waals surface area (Å²) < 4.78 is 41.0. The van der Waals surface area contributed by atoms with Crippen LogP contribution in [0.25, 0.3) is 0 Å².